The normalized spacial score (nSPS) is 11.8. The predicted octanol–water partition coefficient (Wildman–Crippen LogP) is 2.16. The molecule has 6 nitrogen and oxygen atoms in total. The maximum absolute atomic E-state index is 12.4. The molecule has 0 aliphatic rings. The van der Waals surface area contributed by atoms with Crippen molar-refractivity contribution in [2.75, 3.05) is 10.5 Å². The van der Waals surface area contributed by atoms with Gasteiger partial charge in [-0.25, -0.2) is 13.1 Å². The predicted molar refractivity (Wildman–Crippen MR) is 79.0 cm³/mol. The van der Waals surface area contributed by atoms with Crippen LogP contribution in [0.15, 0.2) is 35.4 Å². The van der Waals surface area contributed by atoms with Gasteiger partial charge in [-0.15, -0.1) is 0 Å². The van der Waals surface area contributed by atoms with Gasteiger partial charge in [-0.2, -0.15) is 5.10 Å². The highest BCUT2D eigenvalue weighted by atomic mass is 32.2. The van der Waals surface area contributed by atoms with E-state index in [9.17, 15) is 8.42 Å². The summed E-state index contributed by atoms with van der Waals surface area (Å²) in [6.45, 7) is 5.54. The average Bonchev–Trinajstić information content (AvgIpc) is 2.79. The third-order valence-electron chi connectivity index (χ3n) is 3.01. The quantitative estimate of drug-likeness (QED) is 0.845. The van der Waals surface area contributed by atoms with E-state index in [2.05, 4.69) is 9.82 Å². The highest BCUT2D eigenvalue weighted by Gasteiger charge is 2.20. The maximum Gasteiger partial charge on any atom is 0.263 e. The lowest BCUT2D eigenvalue weighted by molar-refractivity contribution is 0.539. The maximum atomic E-state index is 12.4. The van der Waals surface area contributed by atoms with E-state index in [1.165, 1.54) is 6.07 Å². The molecule has 0 unspecified atom stereocenters. The molecular formula is C13H18N4O2S. The van der Waals surface area contributed by atoms with Gasteiger partial charge in [0.15, 0.2) is 0 Å². The minimum Gasteiger partial charge on any atom is -0.398 e. The van der Waals surface area contributed by atoms with Gasteiger partial charge in [0.1, 0.15) is 5.82 Å². The molecule has 0 aliphatic heterocycles. The van der Waals surface area contributed by atoms with Gasteiger partial charge in [0, 0.05) is 17.8 Å². The molecule has 2 aromatic rings. The Hall–Kier alpha value is -2.02. The molecule has 0 saturated heterocycles. The summed E-state index contributed by atoms with van der Waals surface area (Å²) < 4.78 is 29.0. The van der Waals surface area contributed by atoms with E-state index in [1.54, 1.807) is 36.0 Å². The summed E-state index contributed by atoms with van der Waals surface area (Å²) in [5, 5.41) is 4.10. The molecule has 0 bridgehead atoms. The molecule has 2 rings (SSSR count). The number of anilines is 2. The number of aromatic nitrogens is 2. The van der Waals surface area contributed by atoms with Gasteiger partial charge in [0.25, 0.3) is 10.0 Å². The van der Waals surface area contributed by atoms with Gasteiger partial charge < -0.3 is 5.73 Å². The average molecular weight is 294 g/mol. The fourth-order valence-electron chi connectivity index (χ4n) is 1.92. The Kier molecular flexibility index (Phi) is 3.71. The number of hydrogen-bond acceptors (Lipinski definition) is 4. The van der Waals surface area contributed by atoms with E-state index in [0.717, 1.165) is 0 Å². The van der Waals surface area contributed by atoms with Gasteiger partial charge in [0.2, 0.25) is 0 Å². The standard InChI is InChI=1S/C13H18N4O2S/c1-9(2)17-13(7-8-15-17)16-20(18,19)12-6-4-5-11(14)10(12)3/h4-9,16H,14H2,1-3H3. The van der Waals surface area contributed by atoms with Crippen LogP contribution in [-0.2, 0) is 10.0 Å². The summed E-state index contributed by atoms with van der Waals surface area (Å²) in [6, 6.07) is 6.51. The van der Waals surface area contributed by atoms with Crippen molar-refractivity contribution in [3.63, 3.8) is 0 Å². The third-order valence-corrected chi connectivity index (χ3v) is 4.51. The first-order valence-electron chi connectivity index (χ1n) is 6.24. The number of nitrogen functional groups attached to an aromatic ring is 1. The SMILES string of the molecule is Cc1c(N)cccc1S(=O)(=O)Nc1ccnn1C(C)C. The number of nitrogens with two attached hydrogens (primary N) is 1. The van der Waals surface area contributed by atoms with Crippen LogP contribution in [0, 0.1) is 6.92 Å². The first-order chi connectivity index (χ1) is 9.33. The molecule has 1 aromatic heterocycles. The van der Waals surface area contributed by atoms with Crippen LogP contribution in [-0.4, -0.2) is 18.2 Å². The van der Waals surface area contributed by atoms with Crippen LogP contribution in [0.4, 0.5) is 11.5 Å². The lowest BCUT2D eigenvalue weighted by atomic mass is 10.2. The Morgan fingerprint density at radius 1 is 1.30 bits per heavy atom. The van der Waals surface area contributed by atoms with Crippen molar-refractivity contribution in [3.05, 3.63) is 36.0 Å². The van der Waals surface area contributed by atoms with E-state index in [-0.39, 0.29) is 10.9 Å². The number of rotatable bonds is 4. The second-order valence-corrected chi connectivity index (χ2v) is 6.48. The monoisotopic (exact) mass is 294 g/mol. The zero-order valence-electron chi connectivity index (χ0n) is 11.7. The minimum atomic E-state index is -3.68. The smallest absolute Gasteiger partial charge is 0.263 e. The number of hydrogen-bond donors (Lipinski definition) is 2. The van der Waals surface area contributed by atoms with Crippen molar-refractivity contribution in [3.8, 4) is 0 Å². The van der Waals surface area contributed by atoms with Gasteiger partial charge in [-0.1, -0.05) is 6.07 Å². The highest BCUT2D eigenvalue weighted by Crippen LogP contribution is 2.23. The molecule has 0 aliphatic carbocycles. The van der Waals surface area contributed by atoms with Gasteiger partial charge in [0.05, 0.1) is 11.1 Å². The van der Waals surface area contributed by atoms with Crippen molar-refractivity contribution >= 4 is 21.5 Å². The summed E-state index contributed by atoms with van der Waals surface area (Å²) in [6.07, 6.45) is 1.56. The third kappa shape index (κ3) is 2.62. The van der Waals surface area contributed by atoms with Gasteiger partial charge >= 0.3 is 0 Å². The largest absolute Gasteiger partial charge is 0.398 e. The molecular weight excluding hydrogens is 276 g/mol. The number of nitrogens with zero attached hydrogens (tertiary/aromatic N) is 2. The number of nitrogens with one attached hydrogen (secondary N) is 1. The van der Waals surface area contributed by atoms with Crippen molar-refractivity contribution in [1.82, 2.24) is 9.78 Å². The summed E-state index contributed by atoms with van der Waals surface area (Å²) in [4.78, 5) is 0.175. The van der Waals surface area contributed by atoms with Crippen LogP contribution < -0.4 is 10.5 Å². The van der Waals surface area contributed by atoms with Crippen molar-refractivity contribution in [2.24, 2.45) is 0 Å². The van der Waals surface area contributed by atoms with E-state index in [1.807, 2.05) is 13.8 Å². The van der Waals surface area contributed by atoms with Crippen LogP contribution in [0.2, 0.25) is 0 Å². The Bertz CT molecular complexity index is 720. The molecule has 3 N–H and O–H groups in total. The molecule has 0 spiro atoms. The van der Waals surface area contributed by atoms with Crippen LogP contribution in [0.25, 0.3) is 0 Å². The molecule has 0 atom stereocenters. The van der Waals surface area contributed by atoms with Crippen LogP contribution in [0.3, 0.4) is 0 Å². The highest BCUT2D eigenvalue weighted by molar-refractivity contribution is 7.92. The van der Waals surface area contributed by atoms with Crippen molar-refractivity contribution in [2.45, 2.75) is 31.7 Å². The number of sulfonamides is 1. The molecule has 0 radical (unpaired) electrons. The van der Waals surface area contributed by atoms with E-state index < -0.39 is 10.0 Å². The minimum absolute atomic E-state index is 0.0599. The summed E-state index contributed by atoms with van der Waals surface area (Å²) >= 11 is 0. The lowest BCUT2D eigenvalue weighted by Crippen LogP contribution is -2.18. The second kappa shape index (κ2) is 5.16. The van der Waals surface area contributed by atoms with Crippen LogP contribution in [0.1, 0.15) is 25.5 Å². The van der Waals surface area contributed by atoms with E-state index in [4.69, 9.17) is 5.73 Å². The summed E-state index contributed by atoms with van der Waals surface area (Å²) in [5.41, 5.74) is 6.75. The summed E-state index contributed by atoms with van der Waals surface area (Å²) in [7, 11) is -3.68. The van der Waals surface area contributed by atoms with Crippen LogP contribution in [0.5, 0.6) is 0 Å². The van der Waals surface area contributed by atoms with Crippen molar-refractivity contribution in [1.29, 1.82) is 0 Å². The molecule has 20 heavy (non-hydrogen) atoms. The zero-order chi connectivity index (χ0) is 14.9. The van der Waals surface area contributed by atoms with E-state index >= 15 is 0 Å². The van der Waals surface area contributed by atoms with E-state index in [0.29, 0.717) is 17.1 Å². The molecule has 1 aromatic carbocycles. The fraction of sp³-hybridized carbons (Fsp3) is 0.308. The van der Waals surface area contributed by atoms with Gasteiger partial charge in [-0.05, 0) is 38.5 Å². The second-order valence-electron chi connectivity index (χ2n) is 4.83. The fourth-order valence-corrected chi connectivity index (χ4v) is 3.25. The summed E-state index contributed by atoms with van der Waals surface area (Å²) in [5.74, 6) is 0.432. The topological polar surface area (TPSA) is 90.0 Å². The van der Waals surface area contributed by atoms with Crippen LogP contribution >= 0.6 is 0 Å². The molecule has 1 heterocycles. The van der Waals surface area contributed by atoms with Crippen molar-refractivity contribution < 1.29 is 8.42 Å². The molecule has 0 saturated carbocycles. The number of benzene rings is 1. The first-order valence-corrected chi connectivity index (χ1v) is 7.72. The lowest BCUT2D eigenvalue weighted by Gasteiger charge is -2.14. The Labute approximate surface area is 118 Å². The first kappa shape index (κ1) is 14.4. The molecule has 7 heteroatoms. The Morgan fingerprint density at radius 2 is 2.00 bits per heavy atom. The Morgan fingerprint density at radius 3 is 2.65 bits per heavy atom. The molecule has 108 valence electrons. The zero-order valence-corrected chi connectivity index (χ0v) is 12.5. The molecule has 0 amide bonds. The Balaban J connectivity index is 2.41. The molecule has 0 fully saturated rings. The van der Waals surface area contributed by atoms with Gasteiger partial charge in [-0.3, -0.25) is 4.72 Å².